The molecule has 2 aromatic rings. The molecule has 1 fully saturated rings. The lowest BCUT2D eigenvalue weighted by atomic mass is 10.0. The molecule has 1 aliphatic rings. The number of anilines is 1. The molecule has 3 rings (SSSR count). The average molecular weight is 559 g/mol. The van der Waals surface area contributed by atoms with Crippen LogP contribution in [0, 0.1) is 0 Å². The van der Waals surface area contributed by atoms with Crippen molar-refractivity contribution in [3.8, 4) is 11.5 Å². The third-order valence-corrected chi connectivity index (χ3v) is 5.77. The Labute approximate surface area is 207 Å². The molecule has 31 heavy (non-hydrogen) atoms. The number of piperidine rings is 1. The zero-order valence-corrected chi connectivity index (χ0v) is 21.4. The van der Waals surface area contributed by atoms with Gasteiger partial charge in [0.1, 0.15) is 11.5 Å². The van der Waals surface area contributed by atoms with Crippen molar-refractivity contribution in [2.75, 3.05) is 45.8 Å². The number of rotatable bonds is 7. The number of methoxy groups -OCH3 is 2. The number of nitrogens with zero attached hydrogens (tertiary/aromatic N) is 2. The van der Waals surface area contributed by atoms with Crippen LogP contribution < -0.4 is 25.0 Å². The third kappa shape index (κ3) is 7.35. The Morgan fingerprint density at radius 1 is 1.10 bits per heavy atom. The summed E-state index contributed by atoms with van der Waals surface area (Å²) in [6, 6.07) is 14.4. The second kappa shape index (κ2) is 12.9. The fourth-order valence-corrected chi connectivity index (χ4v) is 3.89. The lowest BCUT2D eigenvalue weighted by Gasteiger charge is -2.34. The molecular formula is C23H32ClIN4O2. The van der Waals surface area contributed by atoms with Gasteiger partial charge in [0, 0.05) is 61.6 Å². The van der Waals surface area contributed by atoms with E-state index < -0.39 is 0 Å². The molecule has 170 valence electrons. The summed E-state index contributed by atoms with van der Waals surface area (Å²) in [6.07, 6.45) is 2.92. The fourth-order valence-electron chi connectivity index (χ4n) is 3.66. The van der Waals surface area contributed by atoms with E-state index in [9.17, 15) is 0 Å². The Kier molecular flexibility index (Phi) is 10.5. The van der Waals surface area contributed by atoms with Gasteiger partial charge in [-0.2, -0.15) is 0 Å². The molecule has 0 aliphatic carbocycles. The van der Waals surface area contributed by atoms with Gasteiger partial charge in [-0.1, -0.05) is 29.8 Å². The first kappa shape index (κ1) is 25.4. The normalized spacial score (nSPS) is 14.6. The van der Waals surface area contributed by atoms with Crippen molar-refractivity contribution in [2.24, 2.45) is 4.99 Å². The van der Waals surface area contributed by atoms with Gasteiger partial charge >= 0.3 is 0 Å². The smallest absolute Gasteiger partial charge is 0.191 e. The summed E-state index contributed by atoms with van der Waals surface area (Å²) in [6.45, 7) is 2.71. The van der Waals surface area contributed by atoms with E-state index in [4.69, 9.17) is 21.1 Å². The van der Waals surface area contributed by atoms with E-state index in [2.05, 4.69) is 38.7 Å². The molecule has 1 aliphatic heterocycles. The third-order valence-electron chi connectivity index (χ3n) is 5.41. The Morgan fingerprint density at radius 3 is 2.32 bits per heavy atom. The molecule has 0 bridgehead atoms. The van der Waals surface area contributed by atoms with Gasteiger partial charge in [0.2, 0.25) is 0 Å². The average Bonchev–Trinajstić information content (AvgIpc) is 2.79. The number of nitrogens with one attached hydrogen (secondary N) is 2. The topological polar surface area (TPSA) is 58.1 Å². The summed E-state index contributed by atoms with van der Waals surface area (Å²) in [5, 5.41) is 7.76. The van der Waals surface area contributed by atoms with Crippen LogP contribution in [0.25, 0.3) is 0 Å². The zero-order valence-electron chi connectivity index (χ0n) is 18.4. The minimum absolute atomic E-state index is 0. The lowest BCUT2D eigenvalue weighted by Crippen LogP contribution is -2.49. The number of halogens is 2. The van der Waals surface area contributed by atoms with Gasteiger partial charge in [0.05, 0.1) is 14.2 Å². The largest absolute Gasteiger partial charge is 0.497 e. The fraction of sp³-hybridized carbons (Fsp3) is 0.435. The van der Waals surface area contributed by atoms with Gasteiger partial charge in [-0.25, -0.2) is 0 Å². The number of guanidine groups is 1. The molecule has 0 aromatic heterocycles. The predicted molar refractivity (Wildman–Crippen MR) is 140 cm³/mol. The van der Waals surface area contributed by atoms with Crippen LogP contribution in [0.1, 0.15) is 18.4 Å². The molecular weight excluding hydrogens is 527 g/mol. The predicted octanol–water partition coefficient (Wildman–Crippen LogP) is 4.35. The van der Waals surface area contributed by atoms with Gasteiger partial charge in [0.25, 0.3) is 0 Å². The second-order valence-electron chi connectivity index (χ2n) is 7.32. The van der Waals surface area contributed by atoms with E-state index in [0.717, 1.165) is 72.6 Å². The summed E-state index contributed by atoms with van der Waals surface area (Å²) in [5.74, 6) is 2.46. The summed E-state index contributed by atoms with van der Waals surface area (Å²) < 4.78 is 10.8. The minimum Gasteiger partial charge on any atom is -0.497 e. The monoisotopic (exact) mass is 558 g/mol. The Hall–Kier alpha value is -1.87. The summed E-state index contributed by atoms with van der Waals surface area (Å²) in [5.41, 5.74) is 2.27. The van der Waals surface area contributed by atoms with E-state index in [0.29, 0.717) is 6.04 Å². The summed E-state index contributed by atoms with van der Waals surface area (Å²) >= 11 is 6.24. The van der Waals surface area contributed by atoms with Crippen molar-refractivity contribution in [2.45, 2.75) is 25.3 Å². The molecule has 0 radical (unpaired) electrons. The van der Waals surface area contributed by atoms with Gasteiger partial charge < -0.3 is 25.0 Å². The number of hydrogen-bond donors (Lipinski definition) is 2. The van der Waals surface area contributed by atoms with Crippen LogP contribution in [0.15, 0.2) is 47.5 Å². The van der Waals surface area contributed by atoms with Crippen molar-refractivity contribution >= 4 is 47.2 Å². The number of hydrogen-bond acceptors (Lipinski definition) is 4. The lowest BCUT2D eigenvalue weighted by molar-refractivity contribution is 0.393. The SMILES string of the molecule is CN=C(NCCc1ccccc1Cl)NC1CCN(c2cc(OC)cc(OC)c2)CC1.I. The van der Waals surface area contributed by atoms with E-state index in [1.54, 1.807) is 14.2 Å². The van der Waals surface area contributed by atoms with Crippen LogP contribution in [-0.4, -0.2) is 52.9 Å². The number of benzene rings is 2. The van der Waals surface area contributed by atoms with Crippen molar-refractivity contribution in [3.63, 3.8) is 0 Å². The van der Waals surface area contributed by atoms with Crippen molar-refractivity contribution in [3.05, 3.63) is 53.1 Å². The molecule has 1 saturated heterocycles. The number of aliphatic imine (C=N–C) groups is 1. The van der Waals surface area contributed by atoms with Crippen molar-refractivity contribution in [1.82, 2.24) is 10.6 Å². The quantitative estimate of drug-likeness (QED) is 0.301. The van der Waals surface area contributed by atoms with E-state index in [-0.39, 0.29) is 24.0 Å². The Balaban J connectivity index is 0.00000341. The molecule has 2 N–H and O–H groups in total. The van der Waals surface area contributed by atoms with Crippen LogP contribution in [0.4, 0.5) is 5.69 Å². The van der Waals surface area contributed by atoms with Gasteiger partial charge in [0.15, 0.2) is 5.96 Å². The van der Waals surface area contributed by atoms with Gasteiger partial charge in [-0.3, -0.25) is 4.99 Å². The van der Waals surface area contributed by atoms with Gasteiger partial charge in [-0.15, -0.1) is 24.0 Å². The van der Waals surface area contributed by atoms with Crippen molar-refractivity contribution in [1.29, 1.82) is 0 Å². The highest BCUT2D eigenvalue weighted by atomic mass is 127. The molecule has 6 nitrogen and oxygen atoms in total. The number of ether oxygens (including phenoxy) is 2. The Bertz CT molecular complexity index is 835. The second-order valence-corrected chi connectivity index (χ2v) is 7.72. The maximum absolute atomic E-state index is 6.24. The van der Waals surface area contributed by atoms with Gasteiger partial charge in [-0.05, 0) is 30.9 Å². The van der Waals surface area contributed by atoms with Crippen LogP contribution in [-0.2, 0) is 6.42 Å². The molecule has 1 heterocycles. The maximum atomic E-state index is 6.24. The minimum atomic E-state index is 0. The first-order valence-electron chi connectivity index (χ1n) is 10.3. The van der Waals surface area contributed by atoms with E-state index in [1.165, 1.54) is 0 Å². The molecule has 0 amide bonds. The standard InChI is InChI=1S/C23H31ClN4O2.HI/c1-25-23(26-11-8-17-6-4-5-7-22(17)24)27-18-9-12-28(13-10-18)19-14-20(29-2)16-21(15-19)30-3;/h4-7,14-16,18H,8-13H2,1-3H3,(H2,25,26,27);1H. The van der Waals surface area contributed by atoms with Crippen LogP contribution in [0.3, 0.4) is 0 Å². The molecule has 8 heteroatoms. The molecule has 0 unspecified atom stereocenters. The molecule has 0 spiro atoms. The first-order chi connectivity index (χ1) is 14.6. The highest BCUT2D eigenvalue weighted by Crippen LogP contribution is 2.30. The highest BCUT2D eigenvalue weighted by Gasteiger charge is 2.21. The van der Waals surface area contributed by atoms with Crippen LogP contribution >= 0.6 is 35.6 Å². The highest BCUT2D eigenvalue weighted by molar-refractivity contribution is 14.0. The van der Waals surface area contributed by atoms with E-state index in [1.807, 2.05) is 31.3 Å². The molecule has 2 aromatic carbocycles. The molecule has 0 atom stereocenters. The zero-order chi connectivity index (χ0) is 21.3. The van der Waals surface area contributed by atoms with Crippen molar-refractivity contribution < 1.29 is 9.47 Å². The Morgan fingerprint density at radius 2 is 1.74 bits per heavy atom. The molecule has 0 saturated carbocycles. The van der Waals surface area contributed by atoms with Crippen LogP contribution in [0.2, 0.25) is 5.02 Å². The summed E-state index contributed by atoms with van der Waals surface area (Å²) in [7, 11) is 5.17. The summed E-state index contributed by atoms with van der Waals surface area (Å²) in [4.78, 5) is 6.74. The van der Waals surface area contributed by atoms with Crippen LogP contribution in [0.5, 0.6) is 11.5 Å². The first-order valence-corrected chi connectivity index (χ1v) is 10.7. The van der Waals surface area contributed by atoms with E-state index >= 15 is 0 Å². The maximum Gasteiger partial charge on any atom is 0.191 e.